The van der Waals surface area contributed by atoms with Gasteiger partial charge >= 0.3 is 17.9 Å². The lowest BCUT2D eigenvalue weighted by Crippen LogP contribution is -2.58. The van der Waals surface area contributed by atoms with Crippen LogP contribution in [0.1, 0.15) is 13.3 Å². The maximum absolute atomic E-state index is 13.5. The van der Waals surface area contributed by atoms with E-state index in [0.29, 0.717) is 14.0 Å². The summed E-state index contributed by atoms with van der Waals surface area (Å²) in [5, 5.41) is 0. The summed E-state index contributed by atoms with van der Waals surface area (Å²) in [6, 6.07) is 0. The third-order valence-electron chi connectivity index (χ3n) is 2.52. The molecular weight excluding hydrogens is 293 g/mol. The summed E-state index contributed by atoms with van der Waals surface area (Å²) in [5.41, 5.74) is -2.88. The fraction of sp³-hybridized carbons (Fsp3) is 0.778. The first-order valence-corrected chi connectivity index (χ1v) is 5.09. The van der Waals surface area contributed by atoms with Crippen molar-refractivity contribution in [3.8, 4) is 0 Å². The largest absolute Gasteiger partial charge is 0.372 e. The molecule has 1 nitrogen and oxygen atoms in total. The monoisotopic (exact) mass is 302 g/mol. The zero-order valence-electron chi connectivity index (χ0n) is 9.35. The first-order chi connectivity index (χ1) is 7.98. The summed E-state index contributed by atoms with van der Waals surface area (Å²) in [5.74, 6) is -14.9. The minimum Gasteiger partial charge on any atom is -0.372 e. The van der Waals surface area contributed by atoms with Gasteiger partial charge in [-0.1, -0.05) is 0 Å². The number of allylic oxidation sites excluding steroid dienone is 1. The van der Waals surface area contributed by atoms with Gasteiger partial charge in [-0.25, -0.2) is 0 Å². The molecule has 0 saturated heterocycles. The molecule has 0 aliphatic carbocycles. The Hall–Kier alpha value is -0.500. The van der Waals surface area contributed by atoms with E-state index in [1.54, 1.807) is 0 Å². The standard InChI is InChI=1S/C9H10ClF7O/c1-7(18-2,3-4-10)9(16,17)8(14,15)5(11)6(12)13/h3-4H2,1-2H3. The molecule has 0 aliphatic rings. The highest BCUT2D eigenvalue weighted by atomic mass is 35.5. The molecule has 0 rings (SSSR count). The smallest absolute Gasteiger partial charge is 0.369 e. The molecule has 108 valence electrons. The molecule has 9 heteroatoms. The molecule has 0 amide bonds. The van der Waals surface area contributed by atoms with Crippen LogP contribution in [0.15, 0.2) is 11.9 Å². The number of ether oxygens (including phenoxy) is 1. The van der Waals surface area contributed by atoms with Gasteiger partial charge in [-0.3, -0.25) is 0 Å². The number of methoxy groups -OCH3 is 1. The van der Waals surface area contributed by atoms with Gasteiger partial charge in [-0.15, -0.1) is 11.6 Å². The Labute approximate surface area is 104 Å². The SMILES string of the molecule is COC(C)(CCCl)C(F)(F)C(F)(F)C(F)=C(F)F. The molecule has 0 N–H and O–H groups in total. The minimum atomic E-state index is -5.69. The number of hydrogen-bond donors (Lipinski definition) is 0. The Kier molecular flexibility index (Phi) is 5.49. The lowest BCUT2D eigenvalue weighted by Gasteiger charge is -2.39. The molecule has 0 heterocycles. The van der Waals surface area contributed by atoms with Crippen molar-refractivity contribution in [2.24, 2.45) is 0 Å². The first-order valence-electron chi connectivity index (χ1n) is 4.56. The van der Waals surface area contributed by atoms with Crippen molar-refractivity contribution < 1.29 is 35.5 Å². The summed E-state index contributed by atoms with van der Waals surface area (Å²) in [6.07, 6.45) is -4.29. The van der Waals surface area contributed by atoms with Crippen molar-refractivity contribution >= 4 is 11.6 Å². The normalized spacial score (nSPS) is 16.3. The Morgan fingerprint density at radius 1 is 1.11 bits per heavy atom. The zero-order valence-corrected chi connectivity index (χ0v) is 10.1. The van der Waals surface area contributed by atoms with E-state index in [1.165, 1.54) is 0 Å². The molecule has 0 aliphatic heterocycles. The van der Waals surface area contributed by atoms with E-state index in [2.05, 4.69) is 4.74 Å². The molecule has 18 heavy (non-hydrogen) atoms. The van der Waals surface area contributed by atoms with Crippen molar-refractivity contribution in [1.29, 1.82) is 0 Å². The van der Waals surface area contributed by atoms with Crippen LogP contribution in [0.3, 0.4) is 0 Å². The zero-order chi connectivity index (χ0) is 14.8. The number of halogens is 8. The quantitative estimate of drug-likeness (QED) is 0.523. The lowest BCUT2D eigenvalue weighted by molar-refractivity contribution is -0.286. The van der Waals surface area contributed by atoms with Crippen LogP contribution in [0.25, 0.3) is 0 Å². The number of rotatable bonds is 6. The molecular formula is C9H10ClF7O. The van der Waals surface area contributed by atoms with Crippen LogP contribution >= 0.6 is 11.6 Å². The summed E-state index contributed by atoms with van der Waals surface area (Å²) in [4.78, 5) is 0. The Bertz CT molecular complexity index is 327. The predicted molar refractivity (Wildman–Crippen MR) is 51.0 cm³/mol. The number of alkyl halides is 5. The molecule has 0 aromatic heterocycles. The first kappa shape index (κ1) is 17.5. The third-order valence-corrected chi connectivity index (χ3v) is 2.71. The van der Waals surface area contributed by atoms with Gasteiger partial charge < -0.3 is 4.74 Å². The summed E-state index contributed by atoms with van der Waals surface area (Å²) >= 11 is 5.15. The van der Waals surface area contributed by atoms with Gasteiger partial charge in [0.1, 0.15) is 5.60 Å². The summed E-state index contributed by atoms with van der Waals surface area (Å²) in [6.45, 7) is 0.534. The molecule has 0 fully saturated rings. The fourth-order valence-corrected chi connectivity index (χ4v) is 1.52. The van der Waals surface area contributed by atoms with Crippen LogP contribution in [0, 0.1) is 0 Å². The van der Waals surface area contributed by atoms with Gasteiger partial charge in [0, 0.05) is 13.0 Å². The molecule has 0 radical (unpaired) electrons. The average Bonchev–Trinajstić information content (AvgIpc) is 2.27. The molecule has 1 unspecified atom stereocenters. The van der Waals surface area contributed by atoms with Crippen molar-refractivity contribution in [1.82, 2.24) is 0 Å². The molecule has 0 aromatic carbocycles. The van der Waals surface area contributed by atoms with Crippen molar-refractivity contribution in [2.75, 3.05) is 13.0 Å². The highest BCUT2D eigenvalue weighted by Crippen LogP contribution is 2.50. The van der Waals surface area contributed by atoms with E-state index in [9.17, 15) is 30.7 Å². The van der Waals surface area contributed by atoms with Crippen molar-refractivity contribution in [3.63, 3.8) is 0 Å². The predicted octanol–water partition coefficient (Wildman–Crippen LogP) is 4.37. The van der Waals surface area contributed by atoms with Crippen molar-refractivity contribution in [2.45, 2.75) is 30.8 Å². The van der Waals surface area contributed by atoms with E-state index in [1.807, 2.05) is 0 Å². The molecule has 0 aromatic rings. The Morgan fingerprint density at radius 3 is 1.83 bits per heavy atom. The van der Waals surface area contributed by atoms with E-state index >= 15 is 0 Å². The highest BCUT2D eigenvalue weighted by Gasteiger charge is 2.70. The maximum Gasteiger partial charge on any atom is 0.369 e. The van der Waals surface area contributed by atoms with E-state index in [0.717, 1.165) is 0 Å². The Morgan fingerprint density at radius 2 is 1.56 bits per heavy atom. The Balaban J connectivity index is 5.68. The van der Waals surface area contributed by atoms with Gasteiger partial charge in [-0.2, -0.15) is 30.7 Å². The second-order valence-electron chi connectivity index (χ2n) is 3.60. The average molecular weight is 303 g/mol. The van der Waals surface area contributed by atoms with Gasteiger partial charge in [0.15, 0.2) is 0 Å². The fourth-order valence-electron chi connectivity index (χ4n) is 1.16. The van der Waals surface area contributed by atoms with Crippen molar-refractivity contribution in [3.05, 3.63) is 11.9 Å². The van der Waals surface area contributed by atoms with Gasteiger partial charge in [-0.05, 0) is 13.3 Å². The topological polar surface area (TPSA) is 9.23 Å². The van der Waals surface area contributed by atoms with Crippen LogP contribution in [-0.4, -0.2) is 30.4 Å². The molecule has 1 atom stereocenters. The van der Waals surface area contributed by atoms with Gasteiger partial charge in [0.05, 0.1) is 0 Å². The van der Waals surface area contributed by atoms with Crippen LogP contribution in [-0.2, 0) is 4.74 Å². The third kappa shape index (κ3) is 2.74. The minimum absolute atomic E-state index is 0.501. The van der Waals surface area contributed by atoms with Crippen LogP contribution in [0.2, 0.25) is 0 Å². The summed E-state index contributed by atoms with van der Waals surface area (Å²) < 4.78 is 93.4. The van der Waals surface area contributed by atoms with E-state index in [-0.39, 0.29) is 0 Å². The van der Waals surface area contributed by atoms with Gasteiger partial charge in [0.25, 0.3) is 0 Å². The van der Waals surface area contributed by atoms with Crippen LogP contribution in [0.5, 0.6) is 0 Å². The highest BCUT2D eigenvalue weighted by molar-refractivity contribution is 6.17. The van der Waals surface area contributed by atoms with Gasteiger partial charge in [0.2, 0.25) is 5.83 Å². The maximum atomic E-state index is 13.5. The second kappa shape index (κ2) is 5.64. The molecule has 0 spiro atoms. The second-order valence-corrected chi connectivity index (χ2v) is 3.98. The molecule has 0 bridgehead atoms. The van der Waals surface area contributed by atoms with Crippen LogP contribution in [0.4, 0.5) is 30.7 Å². The lowest BCUT2D eigenvalue weighted by atomic mass is 9.89. The molecule has 0 saturated carbocycles. The summed E-state index contributed by atoms with van der Waals surface area (Å²) in [7, 11) is 0.671. The van der Waals surface area contributed by atoms with Crippen LogP contribution < -0.4 is 0 Å². The number of hydrogen-bond acceptors (Lipinski definition) is 1. The van der Waals surface area contributed by atoms with E-state index < -0.39 is 41.7 Å². The van der Waals surface area contributed by atoms with E-state index in [4.69, 9.17) is 11.6 Å².